The molecule has 0 aliphatic carbocycles. The lowest BCUT2D eigenvalue weighted by Crippen LogP contribution is -2.45. The Morgan fingerprint density at radius 1 is 0.342 bits per heavy atom. The van der Waals surface area contributed by atoms with Gasteiger partial charge in [-0.1, -0.05) is 359 Å². The van der Waals surface area contributed by atoms with Gasteiger partial charge in [-0.2, -0.15) is 0 Å². The quantitative estimate of drug-likeness (QED) is 0.0320. The molecule has 0 aromatic rings. The Labute approximate surface area is 494 Å². The van der Waals surface area contributed by atoms with Crippen LogP contribution in [-0.2, 0) is 14.3 Å². The fraction of sp³-hybridized carbons (Fsp3) is 0.918. The van der Waals surface area contributed by atoms with E-state index in [9.17, 15) is 19.8 Å². The number of carbonyl (C=O) groups excluding carboxylic acids is 2. The molecule has 3 N–H and O–H groups in total. The maximum atomic E-state index is 12.5. The molecule has 79 heavy (non-hydrogen) atoms. The van der Waals surface area contributed by atoms with Gasteiger partial charge in [0.2, 0.25) is 5.91 Å². The summed E-state index contributed by atoms with van der Waals surface area (Å²) in [5.41, 5.74) is 0. The van der Waals surface area contributed by atoms with E-state index in [-0.39, 0.29) is 18.5 Å². The topological polar surface area (TPSA) is 95.9 Å². The smallest absolute Gasteiger partial charge is 0.305 e. The van der Waals surface area contributed by atoms with E-state index >= 15 is 0 Å². The lowest BCUT2D eigenvalue weighted by atomic mass is 10.0. The van der Waals surface area contributed by atoms with Crippen LogP contribution in [0.15, 0.2) is 24.3 Å². The summed E-state index contributed by atoms with van der Waals surface area (Å²) in [7, 11) is 0. The largest absolute Gasteiger partial charge is 0.466 e. The fourth-order valence-corrected chi connectivity index (χ4v) is 11.5. The van der Waals surface area contributed by atoms with Crippen LogP contribution in [0.25, 0.3) is 0 Å². The van der Waals surface area contributed by atoms with E-state index in [1.807, 2.05) is 6.08 Å². The predicted molar refractivity (Wildman–Crippen MR) is 347 cm³/mol. The highest BCUT2D eigenvalue weighted by Gasteiger charge is 2.18. The first-order valence-electron chi connectivity index (χ1n) is 36.1. The standard InChI is InChI=1S/C73H141NO5/c1-3-5-7-9-11-13-15-17-19-21-22-23-28-31-34-37-41-45-49-53-57-61-65-71(76)70(69-75)74-72(77)66-62-58-54-50-46-42-38-35-32-29-26-24-25-27-30-33-36-40-44-48-52-56-60-64-68-79-73(78)67-63-59-55-51-47-43-39-20-18-16-14-12-10-8-6-4-2/h20,39,61,65,70-71,75-76H,3-19,21-38,40-60,62-64,66-69H2,1-2H3,(H,74,77)/b39-20-,65-61+. The van der Waals surface area contributed by atoms with Crippen LogP contribution in [0.1, 0.15) is 406 Å². The highest BCUT2D eigenvalue weighted by atomic mass is 16.5. The molecule has 1 amide bonds. The first-order chi connectivity index (χ1) is 39.0. The fourth-order valence-electron chi connectivity index (χ4n) is 11.5. The maximum absolute atomic E-state index is 12.5. The number of esters is 1. The third kappa shape index (κ3) is 65.4. The van der Waals surface area contributed by atoms with Crippen LogP contribution in [-0.4, -0.2) is 47.4 Å². The molecule has 2 atom stereocenters. The molecule has 0 fully saturated rings. The van der Waals surface area contributed by atoms with Crippen molar-refractivity contribution in [3.05, 3.63) is 24.3 Å². The summed E-state index contributed by atoms with van der Waals surface area (Å²) in [6.07, 6.45) is 86.9. The van der Waals surface area contributed by atoms with Gasteiger partial charge in [0.25, 0.3) is 0 Å². The molecule has 0 aliphatic rings. The number of aliphatic hydroxyl groups is 2. The first-order valence-corrected chi connectivity index (χ1v) is 36.1. The Balaban J connectivity index is 3.39. The second-order valence-electron chi connectivity index (χ2n) is 24.9. The number of ether oxygens (including phenoxy) is 1. The molecule has 6 nitrogen and oxygen atoms in total. The summed E-state index contributed by atoms with van der Waals surface area (Å²) < 4.78 is 5.50. The van der Waals surface area contributed by atoms with Gasteiger partial charge < -0.3 is 20.3 Å². The third-order valence-electron chi connectivity index (χ3n) is 17.0. The number of hydrogen-bond acceptors (Lipinski definition) is 5. The van der Waals surface area contributed by atoms with Crippen LogP contribution >= 0.6 is 0 Å². The summed E-state index contributed by atoms with van der Waals surface area (Å²) in [4.78, 5) is 24.6. The van der Waals surface area contributed by atoms with E-state index in [1.54, 1.807) is 6.08 Å². The van der Waals surface area contributed by atoms with Gasteiger partial charge in [0.05, 0.1) is 25.4 Å². The lowest BCUT2D eigenvalue weighted by Gasteiger charge is -2.20. The zero-order chi connectivity index (χ0) is 57.1. The van der Waals surface area contributed by atoms with Crippen molar-refractivity contribution in [3.8, 4) is 0 Å². The molecule has 0 saturated carbocycles. The molecule has 0 rings (SSSR count). The Morgan fingerprint density at radius 3 is 0.899 bits per heavy atom. The van der Waals surface area contributed by atoms with Gasteiger partial charge in [-0.05, 0) is 57.8 Å². The number of nitrogens with one attached hydrogen (secondary N) is 1. The van der Waals surface area contributed by atoms with E-state index in [0.717, 1.165) is 44.9 Å². The molecule has 0 heterocycles. The lowest BCUT2D eigenvalue weighted by molar-refractivity contribution is -0.143. The van der Waals surface area contributed by atoms with Gasteiger partial charge in [0, 0.05) is 12.8 Å². The summed E-state index contributed by atoms with van der Waals surface area (Å²) in [6.45, 7) is 4.94. The minimum absolute atomic E-state index is 0.00851. The van der Waals surface area contributed by atoms with Crippen LogP contribution < -0.4 is 5.32 Å². The van der Waals surface area contributed by atoms with Crippen molar-refractivity contribution >= 4 is 11.9 Å². The Hall–Kier alpha value is -1.66. The van der Waals surface area contributed by atoms with Crippen LogP contribution in [0.3, 0.4) is 0 Å². The molecule has 0 spiro atoms. The maximum Gasteiger partial charge on any atom is 0.305 e. The molecule has 0 aromatic carbocycles. The average molecular weight is 1110 g/mol. The highest BCUT2D eigenvalue weighted by Crippen LogP contribution is 2.19. The van der Waals surface area contributed by atoms with Crippen LogP contribution in [0.2, 0.25) is 0 Å². The normalized spacial score (nSPS) is 12.6. The minimum Gasteiger partial charge on any atom is -0.466 e. The highest BCUT2D eigenvalue weighted by molar-refractivity contribution is 5.76. The second kappa shape index (κ2) is 68.8. The summed E-state index contributed by atoms with van der Waals surface area (Å²) in [5.74, 6) is -0.0540. The van der Waals surface area contributed by atoms with Gasteiger partial charge in [0.1, 0.15) is 0 Å². The van der Waals surface area contributed by atoms with Crippen LogP contribution in [0.5, 0.6) is 0 Å². The zero-order valence-corrected chi connectivity index (χ0v) is 53.6. The van der Waals surface area contributed by atoms with Gasteiger partial charge in [-0.25, -0.2) is 0 Å². The van der Waals surface area contributed by atoms with Gasteiger partial charge in [-0.15, -0.1) is 0 Å². The number of aliphatic hydroxyl groups excluding tert-OH is 2. The van der Waals surface area contributed by atoms with Crippen molar-refractivity contribution in [2.45, 2.75) is 418 Å². The number of amides is 1. The van der Waals surface area contributed by atoms with E-state index in [0.29, 0.717) is 19.4 Å². The van der Waals surface area contributed by atoms with Crippen molar-refractivity contribution in [3.63, 3.8) is 0 Å². The monoisotopic (exact) mass is 1110 g/mol. The van der Waals surface area contributed by atoms with Crippen molar-refractivity contribution in [1.82, 2.24) is 5.32 Å². The average Bonchev–Trinajstić information content (AvgIpc) is 3.45. The number of carbonyl (C=O) groups is 2. The van der Waals surface area contributed by atoms with Crippen molar-refractivity contribution in [1.29, 1.82) is 0 Å². The molecular weight excluding hydrogens is 971 g/mol. The summed E-state index contributed by atoms with van der Waals surface area (Å²) >= 11 is 0. The predicted octanol–water partition coefficient (Wildman–Crippen LogP) is 23.3. The number of hydrogen-bond donors (Lipinski definition) is 3. The van der Waals surface area contributed by atoms with Crippen molar-refractivity contribution in [2.75, 3.05) is 13.2 Å². The third-order valence-corrected chi connectivity index (χ3v) is 17.0. The van der Waals surface area contributed by atoms with Crippen LogP contribution in [0, 0.1) is 0 Å². The van der Waals surface area contributed by atoms with Gasteiger partial charge in [0.15, 0.2) is 0 Å². The Kier molecular flexibility index (Phi) is 67.4. The molecule has 0 radical (unpaired) electrons. The summed E-state index contributed by atoms with van der Waals surface area (Å²) in [6, 6.07) is -0.628. The Bertz CT molecular complexity index is 1230. The Morgan fingerprint density at radius 2 is 0.595 bits per heavy atom. The number of unbranched alkanes of at least 4 members (excludes halogenated alkanes) is 55. The van der Waals surface area contributed by atoms with Crippen molar-refractivity contribution < 1.29 is 24.5 Å². The molecule has 0 saturated heterocycles. The molecule has 0 aromatic heterocycles. The van der Waals surface area contributed by atoms with Crippen molar-refractivity contribution in [2.24, 2.45) is 0 Å². The second-order valence-corrected chi connectivity index (χ2v) is 24.9. The molecule has 6 heteroatoms. The molecule has 468 valence electrons. The van der Waals surface area contributed by atoms with E-state index in [4.69, 9.17) is 4.74 Å². The van der Waals surface area contributed by atoms with Gasteiger partial charge in [-0.3, -0.25) is 9.59 Å². The molecule has 0 aliphatic heterocycles. The molecule has 0 bridgehead atoms. The zero-order valence-electron chi connectivity index (χ0n) is 53.6. The van der Waals surface area contributed by atoms with Crippen LogP contribution in [0.4, 0.5) is 0 Å². The molecular formula is C73H141NO5. The van der Waals surface area contributed by atoms with E-state index in [1.165, 1.54) is 334 Å². The SMILES string of the molecule is CCCCCCCCC/C=C\CCCCCCCC(=O)OCCCCCCCCCCCCCCCCCCCCCCCCCCC(=O)NC(CO)C(O)/C=C/CCCCCCCCCCCCCCCCCCCCCC. The minimum atomic E-state index is -0.845. The van der Waals surface area contributed by atoms with Gasteiger partial charge >= 0.3 is 5.97 Å². The number of allylic oxidation sites excluding steroid dienone is 3. The summed E-state index contributed by atoms with van der Waals surface area (Å²) in [5, 5.41) is 23.3. The van der Waals surface area contributed by atoms with E-state index < -0.39 is 12.1 Å². The first kappa shape index (κ1) is 77.3. The number of rotatable bonds is 68. The van der Waals surface area contributed by atoms with E-state index in [2.05, 4.69) is 31.3 Å². The molecule has 2 unspecified atom stereocenters.